The zero-order valence-corrected chi connectivity index (χ0v) is 36.4. The number of methoxy groups -OCH3 is 1. The number of aromatic nitrogens is 2. The van der Waals surface area contributed by atoms with Gasteiger partial charge in [0.15, 0.2) is 5.78 Å². The van der Waals surface area contributed by atoms with Crippen LogP contribution in [0.5, 0.6) is 0 Å². The second-order valence-electron chi connectivity index (χ2n) is 16.3. The number of ether oxygens (including phenoxy) is 1. The maximum Gasteiger partial charge on any atom is 0.337 e. The van der Waals surface area contributed by atoms with Crippen LogP contribution < -0.4 is 22.5 Å². The van der Waals surface area contributed by atoms with E-state index in [0.29, 0.717) is 41.3 Å². The molecule has 3 saturated carbocycles. The van der Waals surface area contributed by atoms with E-state index in [0.717, 1.165) is 77.0 Å². The van der Waals surface area contributed by atoms with Crippen molar-refractivity contribution in [1.82, 2.24) is 19.4 Å². The van der Waals surface area contributed by atoms with Gasteiger partial charge in [0.1, 0.15) is 23.4 Å². The van der Waals surface area contributed by atoms with Crippen LogP contribution in [0.4, 0.5) is 0 Å². The minimum Gasteiger partial charge on any atom is -0.469 e. The number of ketones is 2. The van der Waals surface area contributed by atoms with Gasteiger partial charge in [-0.15, -0.1) is 0 Å². The molecule has 3 aliphatic carbocycles. The van der Waals surface area contributed by atoms with Gasteiger partial charge >= 0.3 is 22.9 Å². The topological polar surface area (TPSA) is 250 Å². The van der Waals surface area contributed by atoms with Crippen LogP contribution in [0.1, 0.15) is 157 Å². The number of Topliss-reactive ketones (excluding diaryl/α,β-unsaturated/α-hetero) is 2. The molecule has 0 bridgehead atoms. The number of aryl methyl sites for hydroxylation is 2. The van der Waals surface area contributed by atoms with Gasteiger partial charge in [-0.3, -0.25) is 57.7 Å². The molecule has 3 aromatic rings. The minimum atomic E-state index is -0.522. The molecule has 340 valence electrons. The fraction of sp³-hybridized carbons (Fsp3) is 0.578. The molecule has 4 amide bonds. The fourth-order valence-corrected chi connectivity index (χ4v) is 8.91. The summed E-state index contributed by atoms with van der Waals surface area (Å²) in [6.45, 7) is 5.46. The summed E-state index contributed by atoms with van der Waals surface area (Å²) in [6.07, 6.45) is 12.9. The molecule has 0 atom stereocenters. The predicted molar refractivity (Wildman–Crippen MR) is 226 cm³/mol. The molecule has 63 heavy (non-hydrogen) atoms. The molecule has 0 aromatic carbocycles. The molecule has 5 aliphatic rings. The Balaban J connectivity index is 0.000000165. The molecule has 2 aliphatic heterocycles. The Hall–Kier alpha value is -6.07. The summed E-state index contributed by atoms with van der Waals surface area (Å²) in [6, 6.07) is 2.76. The maximum atomic E-state index is 12.6. The van der Waals surface area contributed by atoms with Crippen LogP contribution in [0.25, 0.3) is 11.1 Å². The Labute approximate surface area is 362 Å². The van der Waals surface area contributed by atoms with Crippen molar-refractivity contribution in [1.29, 1.82) is 0 Å². The number of esters is 1. The van der Waals surface area contributed by atoms with Crippen LogP contribution in [0.3, 0.4) is 0 Å². The summed E-state index contributed by atoms with van der Waals surface area (Å²) in [5.74, 6) is -1.66. The summed E-state index contributed by atoms with van der Waals surface area (Å²) in [7, 11) is 1.27. The maximum absolute atomic E-state index is 12.6. The smallest absolute Gasteiger partial charge is 0.337 e. The third-order valence-corrected chi connectivity index (χ3v) is 12.1. The van der Waals surface area contributed by atoms with Crippen LogP contribution in [0.2, 0.25) is 0 Å². The molecule has 0 spiro atoms. The van der Waals surface area contributed by atoms with Gasteiger partial charge in [0.2, 0.25) is 23.4 Å². The highest BCUT2D eigenvalue weighted by Gasteiger charge is 2.40. The number of imide groups is 2. The van der Waals surface area contributed by atoms with Gasteiger partial charge in [0.05, 0.1) is 31.9 Å². The zero-order chi connectivity index (χ0) is 46.0. The lowest BCUT2D eigenvalue weighted by molar-refractivity contribution is -0.154. The van der Waals surface area contributed by atoms with E-state index >= 15 is 0 Å². The van der Waals surface area contributed by atoms with E-state index in [2.05, 4.69) is 9.72 Å². The number of rotatable bonds is 8. The molecular formula is C45H56N4O14. The number of hydrogen-bond acceptors (Lipinski definition) is 14. The number of nitrogens with zero attached hydrogens (tertiary/aromatic N) is 3. The molecule has 0 radical (unpaired) electrons. The van der Waals surface area contributed by atoms with E-state index in [1.165, 1.54) is 33.6 Å². The molecular weight excluding hydrogens is 821 g/mol. The van der Waals surface area contributed by atoms with E-state index < -0.39 is 28.5 Å². The van der Waals surface area contributed by atoms with Gasteiger partial charge in [-0.25, -0.2) is 14.4 Å². The number of aromatic amines is 1. The summed E-state index contributed by atoms with van der Waals surface area (Å²) >= 11 is 0. The third kappa shape index (κ3) is 11.5. The highest BCUT2D eigenvalue weighted by atomic mass is 16.5. The number of amides is 4. The fourth-order valence-electron chi connectivity index (χ4n) is 8.91. The van der Waals surface area contributed by atoms with Gasteiger partial charge in [0, 0.05) is 36.7 Å². The monoisotopic (exact) mass is 876 g/mol. The zero-order valence-electron chi connectivity index (χ0n) is 36.4. The first-order chi connectivity index (χ1) is 30.1. The quantitative estimate of drug-likeness (QED) is 0.190. The van der Waals surface area contributed by atoms with E-state index in [-0.39, 0.29) is 90.5 Å². The number of hydrogen-bond donors (Lipinski definition) is 1. The number of nitrogens with one attached hydrogen (secondary N) is 1. The largest absolute Gasteiger partial charge is 0.469 e. The van der Waals surface area contributed by atoms with E-state index in [1.54, 1.807) is 6.92 Å². The molecule has 3 aromatic heterocycles. The Morgan fingerprint density at radius 1 is 0.667 bits per heavy atom. The van der Waals surface area contributed by atoms with Crippen molar-refractivity contribution in [2.24, 2.45) is 0 Å². The van der Waals surface area contributed by atoms with Gasteiger partial charge < -0.3 is 13.6 Å². The number of carbonyl (C=O) groups excluding carboxylic acids is 7. The van der Waals surface area contributed by atoms with E-state index in [1.807, 2.05) is 13.8 Å². The van der Waals surface area contributed by atoms with Gasteiger partial charge in [-0.2, -0.15) is 0 Å². The lowest BCUT2D eigenvalue weighted by Gasteiger charge is -2.31. The van der Waals surface area contributed by atoms with Crippen molar-refractivity contribution in [2.75, 3.05) is 7.11 Å². The van der Waals surface area contributed by atoms with Crippen molar-refractivity contribution in [3.8, 4) is 0 Å². The van der Waals surface area contributed by atoms with Gasteiger partial charge in [0.25, 0.3) is 11.5 Å². The first kappa shape index (κ1) is 48.0. The Morgan fingerprint density at radius 2 is 1.16 bits per heavy atom. The Kier molecular flexibility index (Phi) is 16.6. The van der Waals surface area contributed by atoms with Crippen LogP contribution in [-0.2, 0) is 52.8 Å². The predicted octanol–water partition coefficient (Wildman–Crippen LogP) is 4.17. The molecule has 18 nitrogen and oxygen atoms in total. The lowest BCUT2D eigenvalue weighted by Crippen LogP contribution is -2.48. The number of H-pyrrole nitrogens is 1. The molecule has 5 heterocycles. The van der Waals surface area contributed by atoms with E-state index in [9.17, 15) is 52.7 Å². The van der Waals surface area contributed by atoms with Crippen molar-refractivity contribution in [3.63, 3.8) is 0 Å². The summed E-state index contributed by atoms with van der Waals surface area (Å²) in [5, 5.41) is 0.318. The minimum absolute atomic E-state index is 0.00268. The molecule has 8 rings (SSSR count). The first-order valence-electron chi connectivity index (χ1n) is 21.9. The van der Waals surface area contributed by atoms with Crippen molar-refractivity contribution in [3.05, 3.63) is 76.3 Å². The summed E-state index contributed by atoms with van der Waals surface area (Å²) < 4.78 is 16.0. The Morgan fingerprint density at radius 3 is 1.68 bits per heavy atom. The van der Waals surface area contributed by atoms with Crippen molar-refractivity contribution in [2.45, 2.75) is 161 Å². The number of fused-ring (bicyclic) bond motifs is 2. The molecule has 1 N–H and O–H groups in total. The lowest BCUT2D eigenvalue weighted by atomic mass is 9.97. The average molecular weight is 877 g/mol. The second kappa shape index (κ2) is 21.8. The SMILES string of the molecule is CCC(=O)CC(=O)OC.CCc1cc(=O)oc2c1C(=O)N(C1CCCC1)C(=O)C2.CCc1cc(=O)oc2c1c(=O)[nH]c(=O)n2C1CCCC1.O=C1CC(=O)N(C2CCCC2)C(=O)C1. The highest BCUT2D eigenvalue weighted by molar-refractivity contribution is 6.16. The third-order valence-electron chi connectivity index (χ3n) is 12.1. The summed E-state index contributed by atoms with van der Waals surface area (Å²) in [4.78, 5) is 132. The van der Waals surface area contributed by atoms with Crippen molar-refractivity contribution >= 4 is 52.3 Å². The average Bonchev–Trinajstić information content (AvgIpc) is 4.07. The number of likely N-dealkylation sites (tertiary alicyclic amines) is 1. The van der Waals surface area contributed by atoms with Gasteiger partial charge in [-0.1, -0.05) is 59.3 Å². The molecule has 0 unspecified atom stereocenters. The van der Waals surface area contributed by atoms with Crippen LogP contribution in [0.15, 0.2) is 40.1 Å². The normalized spacial score (nSPS) is 18.1. The molecule has 4 fully saturated rings. The van der Waals surface area contributed by atoms with E-state index in [4.69, 9.17) is 8.83 Å². The van der Waals surface area contributed by atoms with Crippen molar-refractivity contribution < 1.29 is 47.1 Å². The van der Waals surface area contributed by atoms with Crippen LogP contribution in [0, 0.1) is 0 Å². The summed E-state index contributed by atoms with van der Waals surface area (Å²) in [5.41, 5.74) is -0.151. The molecule has 1 saturated heterocycles. The second-order valence-corrected chi connectivity index (χ2v) is 16.3. The van der Waals surface area contributed by atoms with Gasteiger partial charge in [-0.05, 0) is 62.5 Å². The highest BCUT2D eigenvalue weighted by Crippen LogP contribution is 2.32. The molecule has 18 heteroatoms. The Bertz CT molecular complexity index is 2440. The number of piperidine rings is 1. The first-order valence-corrected chi connectivity index (χ1v) is 21.9. The van der Waals surface area contributed by atoms with Crippen LogP contribution >= 0.6 is 0 Å². The standard InChI is InChI=1S/C15H17NO4.C14H16N2O4.C10H13NO3.C6H10O3/c1-2-9-7-13(18)20-11-8-12(17)16(15(19)14(9)11)10-5-3-4-6-10;1-2-8-7-10(17)20-13-11(8)12(18)15-14(19)16(13)9-5-3-4-6-9;12-8-5-9(13)11(10(14)6-8)7-3-1-2-4-7;1-3-5(7)4-6(8)9-2/h7,10H,2-6,8H2,1H3;7,9H,2-6H2,1H3,(H,15,18,19);7H,1-6H2;3-4H2,1-2H3. The number of carbonyl (C=O) groups is 7. The van der Waals surface area contributed by atoms with Crippen LogP contribution in [-0.4, -0.2) is 79.7 Å².